The molecule has 0 aliphatic heterocycles. The van der Waals surface area contributed by atoms with E-state index in [-0.39, 0.29) is 6.61 Å². The Labute approximate surface area is 120 Å². The van der Waals surface area contributed by atoms with Crippen molar-refractivity contribution in [1.82, 2.24) is 4.98 Å². The Morgan fingerprint density at radius 2 is 1.89 bits per heavy atom. The Morgan fingerprint density at radius 1 is 1.26 bits per heavy atom. The predicted octanol–water partition coefficient (Wildman–Crippen LogP) is 3.92. The van der Waals surface area contributed by atoms with Crippen LogP contribution in [0.2, 0.25) is 0 Å². The summed E-state index contributed by atoms with van der Waals surface area (Å²) in [6, 6.07) is 0.625. The van der Waals surface area contributed by atoms with E-state index in [1.165, 1.54) is 38.5 Å². The monoisotopic (exact) mass is 282 g/mol. The van der Waals surface area contributed by atoms with Gasteiger partial charge in [0.1, 0.15) is 0 Å². The van der Waals surface area contributed by atoms with E-state index in [0.29, 0.717) is 12.0 Å². The molecule has 1 aromatic rings. The zero-order valence-corrected chi connectivity index (χ0v) is 13.2. The van der Waals surface area contributed by atoms with Crippen LogP contribution in [-0.2, 0) is 6.61 Å². The molecule has 0 spiro atoms. The van der Waals surface area contributed by atoms with Gasteiger partial charge in [-0.25, -0.2) is 4.98 Å². The Balaban J connectivity index is 2.15. The molecule has 2 rings (SSSR count). The number of thiazole rings is 1. The van der Waals surface area contributed by atoms with Crippen molar-refractivity contribution < 1.29 is 5.11 Å². The first-order valence-corrected chi connectivity index (χ1v) is 8.28. The molecule has 0 bridgehead atoms. The molecule has 1 aromatic heterocycles. The molecule has 1 aliphatic carbocycles. The summed E-state index contributed by atoms with van der Waals surface area (Å²) in [6.07, 6.45) is 7.99. The number of aromatic nitrogens is 1. The first-order valence-electron chi connectivity index (χ1n) is 7.46. The number of rotatable bonds is 4. The molecule has 0 radical (unpaired) electrons. The van der Waals surface area contributed by atoms with Crippen LogP contribution in [0.5, 0.6) is 0 Å². The van der Waals surface area contributed by atoms with Crippen molar-refractivity contribution >= 4 is 16.5 Å². The van der Waals surface area contributed by atoms with Crippen LogP contribution in [-0.4, -0.2) is 23.2 Å². The highest BCUT2D eigenvalue weighted by Crippen LogP contribution is 2.33. The maximum Gasteiger partial charge on any atom is 0.185 e. The average Bonchev–Trinajstić information content (AvgIpc) is 2.65. The lowest BCUT2D eigenvalue weighted by atomic mass is 10.1. The molecule has 0 amide bonds. The van der Waals surface area contributed by atoms with Gasteiger partial charge in [0, 0.05) is 13.1 Å². The van der Waals surface area contributed by atoms with E-state index in [0.717, 1.165) is 15.7 Å². The van der Waals surface area contributed by atoms with Gasteiger partial charge >= 0.3 is 0 Å². The molecule has 1 saturated carbocycles. The van der Waals surface area contributed by atoms with Crippen molar-refractivity contribution in [2.45, 2.75) is 70.9 Å². The van der Waals surface area contributed by atoms with E-state index in [9.17, 15) is 5.11 Å². The van der Waals surface area contributed by atoms with E-state index in [2.05, 4.69) is 25.8 Å². The number of anilines is 1. The normalized spacial score (nSPS) is 17.7. The number of aliphatic hydroxyl groups excluding tert-OH is 1. The molecule has 3 nitrogen and oxygen atoms in total. The van der Waals surface area contributed by atoms with E-state index >= 15 is 0 Å². The van der Waals surface area contributed by atoms with Crippen LogP contribution in [0.3, 0.4) is 0 Å². The van der Waals surface area contributed by atoms with Crippen molar-refractivity contribution in [3.63, 3.8) is 0 Å². The standard InChI is InChI=1S/C15H26N2OS/c1-11(2)14-13(10-18)19-15(16-14)17(3)12-8-6-4-5-7-9-12/h11-12,18H,4-10H2,1-3H3. The van der Waals surface area contributed by atoms with E-state index in [1.54, 1.807) is 11.3 Å². The van der Waals surface area contributed by atoms with Gasteiger partial charge in [-0.3, -0.25) is 0 Å². The summed E-state index contributed by atoms with van der Waals surface area (Å²) >= 11 is 1.66. The van der Waals surface area contributed by atoms with Gasteiger partial charge in [0.25, 0.3) is 0 Å². The molecule has 0 unspecified atom stereocenters. The molecule has 0 aromatic carbocycles. The third-order valence-electron chi connectivity index (χ3n) is 4.08. The van der Waals surface area contributed by atoms with Crippen LogP contribution in [0.1, 0.15) is 68.9 Å². The first kappa shape index (κ1) is 14.8. The minimum absolute atomic E-state index is 0.115. The Kier molecular flexibility index (Phi) is 5.22. The fraction of sp³-hybridized carbons (Fsp3) is 0.800. The van der Waals surface area contributed by atoms with Crippen LogP contribution in [0.25, 0.3) is 0 Å². The van der Waals surface area contributed by atoms with E-state index in [4.69, 9.17) is 4.98 Å². The highest BCUT2D eigenvalue weighted by atomic mass is 32.1. The largest absolute Gasteiger partial charge is 0.391 e. The molecule has 1 fully saturated rings. The van der Waals surface area contributed by atoms with Crippen molar-refractivity contribution in [3.8, 4) is 0 Å². The van der Waals surface area contributed by atoms with Gasteiger partial charge in [0.15, 0.2) is 5.13 Å². The molecule has 1 N–H and O–H groups in total. The second kappa shape index (κ2) is 6.71. The highest BCUT2D eigenvalue weighted by molar-refractivity contribution is 7.15. The second-order valence-corrected chi connectivity index (χ2v) is 6.94. The fourth-order valence-electron chi connectivity index (χ4n) is 2.87. The molecule has 4 heteroatoms. The fourth-order valence-corrected chi connectivity index (χ4v) is 3.98. The SMILES string of the molecule is CC(C)c1nc(N(C)C2CCCCCC2)sc1CO. The van der Waals surface area contributed by atoms with Crippen LogP contribution in [0, 0.1) is 0 Å². The number of nitrogens with zero attached hydrogens (tertiary/aromatic N) is 2. The van der Waals surface area contributed by atoms with Gasteiger partial charge in [0.05, 0.1) is 17.2 Å². The first-order chi connectivity index (χ1) is 9.13. The lowest BCUT2D eigenvalue weighted by molar-refractivity contribution is 0.283. The van der Waals surface area contributed by atoms with Gasteiger partial charge in [-0.05, 0) is 18.8 Å². The number of hydrogen-bond acceptors (Lipinski definition) is 4. The molecule has 108 valence electrons. The zero-order valence-electron chi connectivity index (χ0n) is 12.4. The van der Waals surface area contributed by atoms with Gasteiger partial charge in [-0.2, -0.15) is 0 Å². The van der Waals surface area contributed by atoms with E-state index < -0.39 is 0 Å². The summed E-state index contributed by atoms with van der Waals surface area (Å²) in [4.78, 5) is 8.15. The lowest BCUT2D eigenvalue weighted by Gasteiger charge is -2.26. The molecular weight excluding hydrogens is 256 g/mol. The highest BCUT2D eigenvalue weighted by Gasteiger charge is 2.22. The third kappa shape index (κ3) is 3.48. The van der Waals surface area contributed by atoms with Crippen molar-refractivity contribution in [1.29, 1.82) is 0 Å². The maximum atomic E-state index is 9.47. The minimum atomic E-state index is 0.115. The smallest absolute Gasteiger partial charge is 0.185 e. The molecule has 0 saturated heterocycles. The van der Waals surface area contributed by atoms with Crippen LogP contribution >= 0.6 is 11.3 Å². The van der Waals surface area contributed by atoms with Gasteiger partial charge < -0.3 is 10.0 Å². The van der Waals surface area contributed by atoms with Gasteiger partial charge in [-0.15, -0.1) is 0 Å². The van der Waals surface area contributed by atoms with Gasteiger partial charge in [0.2, 0.25) is 0 Å². The average molecular weight is 282 g/mol. The zero-order chi connectivity index (χ0) is 13.8. The molecule has 1 aliphatic rings. The Bertz CT molecular complexity index is 395. The number of aliphatic hydroxyl groups is 1. The summed E-state index contributed by atoms with van der Waals surface area (Å²) in [6.45, 7) is 4.40. The van der Waals surface area contributed by atoms with E-state index in [1.807, 2.05) is 0 Å². The molecule has 1 heterocycles. The summed E-state index contributed by atoms with van der Waals surface area (Å²) in [5, 5.41) is 10.6. The lowest BCUT2D eigenvalue weighted by Crippen LogP contribution is -2.30. The summed E-state index contributed by atoms with van der Waals surface area (Å²) in [7, 11) is 2.17. The van der Waals surface area contributed by atoms with Crippen molar-refractivity contribution in [3.05, 3.63) is 10.6 Å². The summed E-state index contributed by atoms with van der Waals surface area (Å²) < 4.78 is 0. The molecule has 0 atom stereocenters. The van der Waals surface area contributed by atoms with Crippen LogP contribution < -0.4 is 4.90 Å². The van der Waals surface area contributed by atoms with Crippen molar-refractivity contribution in [2.75, 3.05) is 11.9 Å². The number of hydrogen-bond donors (Lipinski definition) is 1. The molecular formula is C15H26N2OS. The predicted molar refractivity (Wildman–Crippen MR) is 82.0 cm³/mol. The minimum Gasteiger partial charge on any atom is -0.391 e. The Morgan fingerprint density at radius 3 is 2.37 bits per heavy atom. The maximum absolute atomic E-state index is 9.47. The van der Waals surface area contributed by atoms with Gasteiger partial charge in [-0.1, -0.05) is 50.9 Å². The quantitative estimate of drug-likeness (QED) is 0.850. The molecule has 19 heavy (non-hydrogen) atoms. The second-order valence-electron chi connectivity index (χ2n) is 5.87. The summed E-state index contributed by atoms with van der Waals surface area (Å²) in [5.41, 5.74) is 1.07. The Hall–Kier alpha value is -0.610. The van der Waals surface area contributed by atoms with Crippen molar-refractivity contribution in [2.24, 2.45) is 0 Å². The van der Waals surface area contributed by atoms with Crippen LogP contribution in [0.4, 0.5) is 5.13 Å². The summed E-state index contributed by atoms with van der Waals surface area (Å²) in [5.74, 6) is 0.384. The third-order valence-corrected chi connectivity index (χ3v) is 5.23. The van der Waals surface area contributed by atoms with Crippen LogP contribution in [0.15, 0.2) is 0 Å². The topological polar surface area (TPSA) is 36.4 Å².